The normalized spacial score (nSPS) is 12.5. The van der Waals surface area contributed by atoms with Crippen LogP contribution in [-0.2, 0) is 4.74 Å². The maximum atomic E-state index is 13.4. The van der Waals surface area contributed by atoms with Crippen LogP contribution in [0.2, 0.25) is 0 Å². The highest BCUT2D eigenvalue weighted by molar-refractivity contribution is 5.30. The summed E-state index contributed by atoms with van der Waals surface area (Å²) in [6.45, 7) is 0.316. The predicted molar refractivity (Wildman–Crippen MR) is 57.8 cm³/mol. The molecule has 0 saturated carbocycles. The Morgan fingerprint density at radius 2 is 2.25 bits per heavy atom. The van der Waals surface area contributed by atoms with Crippen LogP contribution in [0.1, 0.15) is 11.7 Å². The van der Waals surface area contributed by atoms with Gasteiger partial charge in [-0.1, -0.05) is 6.07 Å². The van der Waals surface area contributed by atoms with Gasteiger partial charge in [0.05, 0.1) is 26.4 Å². The number of aliphatic hydroxyl groups is 1. The Morgan fingerprint density at radius 3 is 2.75 bits per heavy atom. The first-order valence-corrected chi connectivity index (χ1v) is 4.99. The molecule has 1 unspecified atom stereocenters. The van der Waals surface area contributed by atoms with E-state index in [-0.39, 0.29) is 25.5 Å². The van der Waals surface area contributed by atoms with E-state index in [1.807, 2.05) is 0 Å². The van der Waals surface area contributed by atoms with E-state index in [4.69, 9.17) is 20.3 Å². The molecule has 90 valence electrons. The average molecular weight is 229 g/mol. The Balaban J connectivity index is 2.80. The summed E-state index contributed by atoms with van der Waals surface area (Å²) in [6.07, 6.45) is -0.410. The minimum atomic E-state index is -0.453. The molecule has 0 heterocycles. The summed E-state index contributed by atoms with van der Waals surface area (Å²) in [5.41, 5.74) is 6.14. The molecule has 1 rings (SSSR count). The summed E-state index contributed by atoms with van der Waals surface area (Å²) >= 11 is 0. The highest BCUT2D eigenvalue weighted by atomic mass is 19.1. The van der Waals surface area contributed by atoms with E-state index in [0.29, 0.717) is 5.56 Å². The first kappa shape index (κ1) is 12.9. The van der Waals surface area contributed by atoms with Crippen molar-refractivity contribution in [3.8, 4) is 5.75 Å². The topological polar surface area (TPSA) is 64.7 Å². The fourth-order valence-corrected chi connectivity index (χ4v) is 1.38. The van der Waals surface area contributed by atoms with Gasteiger partial charge < -0.3 is 20.3 Å². The van der Waals surface area contributed by atoms with Gasteiger partial charge in [-0.15, -0.1) is 0 Å². The van der Waals surface area contributed by atoms with Crippen molar-refractivity contribution in [3.05, 3.63) is 29.6 Å². The lowest BCUT2D eigenvalue weighted by Crippen LogP contribution is -2.17. The highest BCUT2D eigenvalue weighted by Crippen LogP contribution is 2.23. The summed E-state index contributed by atoms with van der Waals surface area (Å²) in [4.78, 5) is 0. The van der Waals surface area contributed by atoms with Crippen LogP contribution in [0.25, 0.3) is 0 Å². The number of hydrogen-bond acceptors (Lipinski definition) is 4. The number of halogens is 1. The van der Waals surface area contributed by atoms with Crippen LogP contribution in [0, 0.1) is 5.82 Å². The summed E-state index contributed by atoms with van der Waals surface area (Å²) in [5, 5.41) is 8.63. The third kappa shape index (κ3) is 3.16. The Hall–Kier alpha value is -1.17. The number of nitrogens with two attached hydrogens (primary N) is 1. The van der Waals surface area contributed by atoms with Crippen molar-refractivity contribution >= 4 is 0 Å². The molecule has 0 aromatic heterocycles. The molecular formula is C11H16FNO3. The molecule has 3 N–H and O–H groups in total. The van der Waals surface area contributed by atoms with Gasteiger partial charge in [-0.2, -0.15) is 0 Å². The third-order valence-corrected chi connectivity index (χ3v) is 2.17. The molecule has 1 atom stereocenters. The molecule has 0 saturated heterocycles. The van der Waals surface area contributed by atoms with Crippen molar-refractivity contribution in [1.29, 1.82) is 0 Å². The summed E-state index contributed by atoms with van der Waals surface area (Å²) in [6, 6.07) is 4.54. The zero-order valence-corrected chi connectivity index (χ0v) is 9.15. The molecule has 0 aliphatic carbocycles. The van der Waals surface area contributed by atoms with Crippen LogP contribution in [0.5, 0.6) is 5.75 Å². The summed E-state index contributed by atoms with van der Waals surface area (Å²) in [5.74, 6) is -0.271. The van der Waals surface area contributed by atoms with Gasteiger partial charge >= 0.3 is 0 Å². The number of ether oxygens (including phenoxy) is 2. The minimum Gasteiger partial charge on any atom is -0.494 e. The van der Waals surface area contributed by atoms with Crippen LogP contribution in [0.15, 0.2) is 18.2 Å². The van der Waals surface area contributed by atoms with Crippen molar-refractivity contribution < 1.29 is 19.0 Å². The Bertz CT molecular complexity index is 333. The molecular weight excluding hydrogens is 213 g/mol. The highest BCUT2D eigenvalue weighted by Gasteiger charge is 2.12. The Morgan fingerprint density at radius 1 is 1.50 bits per heavy atom. The van der Waals surface area contributed by atoms with E-state index in [0.717, 1.165) is 0 Å². The number of aliphatic hydroxyl groups excluding tert-OH is 1. The lowest BCUT2D eigenvalue weighted by molar-refractivity contribution is 0.0327. The van der Waals surface area contributed by atoms with Crippen molar-refractivity contribution in [2.45, 2.75) is 6.10 Å². The summed E-state index contributed by atoms with van der Waals surface area (Å²) < 4.78 is 23.5. The number of rotatable bonds is 6. The van der Waals surface area contributed by atoms with Crippen LogP contribution in [-0.4, -0.2) is 32.0 Å². The number of benzene rings is 1. The van der Waals surface area contributed by atoms with Crippen molar-refractivity contribution in [1.82, 2.24) is 0 Å². The second kappa shape index (κ2) is 6.42. The molecule has 0 fully saturated rings. The zero-order chi connectivity index (χ0) is 12.0. The minimum absolute atomic E-state index is 0.0882. The summed E-state index contributed by atoms with van der Waals surface area (Å²) in [7, 11) is 1.40. The van der Waals surface area contributed by atoms with Gasteiger partial charge in [0, 0.05) is 6.54 Å². The van der Waals surface area contributed by atoms with Crippen LogP contribution in [0.4, 0.5) is 4.39 Å². The van der Waals surface area contributed by atoms with E-state index in [1.165, 1.54) is 19.2 Å². The van der Waals surface area contributed by atoms with Gasteiger partial charge in [-0.25, -0.2) is 4.39 Å². The van der Waals surface area contributed by atoms with E-state index in [9.17, 15) is 4.39 Å². The lowest BCUT2D eigenvalue weighted by Gasteiger charge is -2.16. The molecule has 0 radical (unpaired) electrons. The molecule has 0 aliphatic rings. The third-order valence-electron chi connectivity index (χ3n) is 2.17. The molecule has 0 spiro atoms. The van der Waals surface area contributed by atoms with Gasteiger partial charge in [-0.05, 0) is 17.7 Å². The van der Waals surface area contributed by atoms with Crippen LogP contribution >= 0.6 is 0 Å². The van der Waals surface area contributed by atoms with Gasteiger partial charge in [-0.3, -0.25) is 0 Å². The van der Waals surface area contributed by atoms with E-state index in [2.05, 4.69) is 0 Å². The molecule has 0 bridgehead atoms. The first-order chi connectivity index (χ1) is 7.72. The molecule has 5 heteroatoms. The first-order valence-electron chi connectivity index (χ1n) is 4.99. The fraction of sp³-hybridized carbons (Fsp3) is 0.455. The largest absolute Gasteiger partial charge is 0.494 e. The predicted octanol–water partition coefficient (Wildman–Crippen LogP) is 0.843. The fourth-order valence-electron chi connectivity index (χ4n) is 1.38. The Kier molecular flexibility index (Phi) is 5.18. The van der Waals surface area contributed by atoms with Gasteiger partial charge in [0.1, 0.15) is 0 Å². The van der Waals surface area contributed by atoms with Crippen molar-refractivity contribution in [2.24, 2.45) is 5.73 Å². The molecule has 16 heavy (non-hydrogen) atoms. The quantitative estimate of drug-likeness (QED) is 0.758. The SMILES string of the molecule is COc1ccc(C(CN)OCCO)cc1F. The molecule has 0 amide bonds. The van der Waals surface area contributed by atoms with E-state index in [1.54, 1.807) is 6.07 Å². The lowest BCUT2D eigenvalue weighted by atomic mass is 10.1. The average Bonchev–Trinajstić information content (AvgIpc) is 2.30. The molecule has 1 aromatic rings. The molecule has 4 nitrogen and oxygen atoms in total. The molecule has 0 aliphatic heterocycles. The number of methoxy groups -OCH3 is 1. The standard InChI is InChI=1S/C11H16FNO3/c1-15-10-3-2-8(6-9(10)12)11(7-13)16-5-4-14/h2-3,6,11,14H,4-5,7,13H2,1H3. The Labute approximate surface area is 93.8 Å². The maximum Gasteiger partial charge on any atom is 0.165 e. The number of hydrogen-bond donors (Lipinski definition) is 2. The second-order valence-corrected chi connectivity index (χ2v) is 3.21. The van der Waals surface area contributed by atoms with E-state index < -0.39 is 11.9 Å². The monoisotopic (exact) mass is 229 g/mol. The van der Waals surface area contributed by atoms with Gasteiger partial charge in [0.25, 0.3) is 0 Å². The van der Waals surface area contributed by atoms with Crippen LogP contribution in [0.3, 0.4) is 0 Å². The zero-order valence-electron chi connectivity index (χ0n) is 9.15. The van der Waals surface area contributed by atoms with Gasteiger partial charge in [0.2, 0.25) is 0 Å². The maximum absolute atomic E-state index is 13.4. The smallest absolute Gasteiger partial charge is 0.165 e. The van der Waals surface area contributed by atoms with E-state index >= 15 is 0 Å². The van der Waals surface area contributed by atoms with Gasteiger partial charge in [0.15, 0.2) is 11.6 Å². The van der Waals surface area contributed by atoms with Crippen molar-refractivity contribution in [2.75, 3.05) is 26.9 Å². The van der Waals surface area contributed by atoms with Crippen LogP contribution < -0.4 is 10.5 Å². The molecule has 1 aromatic carbocycles. The second-order valence-electron chi connectivity index (χ2n) is 3.21. The van der Waals surface area contributed by atoms with Crippen molar-refractivity contribution in [3.63, 3.8) is 0 Å².